The fourth-order valence-electron chi connectivity index (χ4n) is 4.10. The second-order valence-electron chi connectivity index (χ2n) is 8.38. The van der Waals surface area contributed by atoms with Crippen molar-refractivity contribution in [3.05, 3.63) is 30.0 Å². The summed E-state index contributed by atoms with van der Waals surface area (Å²) in [7, 11) is 10.1. The molecule has 1 fully saturated rings. The molecule has 6 nitrogen and oxygen atoms in total. The number of hydrogen-bond donors (Lipinski definition) is 1. The summed E-state index contributed by atoms with van der Waals surface area (Å²) in [6, 6.07) is 6.82. The van der Waals surface area contributed by atoms with Crippen LogP contribution in [0, 0.1) is 0 Å². The fraction of sp³-hybridized carbons (Fsp3) is 0.591. The molecule has 6 heteroatoms. The van der Waals surface area contributed by atoms with E-state index in [9.17, 15) is 4.79 Å². The van der Waals surface area contributed by atoms with E-state index < -0.39 is 0 Å². The molecule has 0 atom stereocenters. The first-order chi connectivity index (χ1) is 13.4. The minimum absolute atomic E-state index is 0.0392. The fourth-order valence-corrected chi connectivity index (χ4v) is 4.10. The van der Waals surface area contributed by atoms with Gasteiger partial charge in [0, 0.05) is 36.3 Å². The highest BCUT2D eigenvalue weighted by Crippen LogP contribution is 2.27. The van der Waals surface area contributed by atoms with Crippen LogP contribution in [0.15, 0.2) is 24.4 Å². The summed E-state index contributed by atoms with van der Waals surface area (Å²) in [5, 5.41) is 4.38. The number of hydrogen-bond acceptors (Lipinski definition) is 4. The summed E-state index contributed by atoms with van der Waals surface area (Å²) in [5.41, 5.74) is 2.10. The van der Waals surface area contributed by atoms with Crippen LogP contribution in [0.25, 0.3) is 10.9 Å². The lowest BCUT2D eigenvalue weighted by molar-refractivity contribution is 0.199. The quantitative estimate of drug-likeness (QED) is 0.828. The summed E-state index contributed by atoms with van der Waals surface area (Å²) < 4.78 is 7.16. The first kappa shape index (κ1) is 20.7. The van der Waals surface area contributed by atoms with E-state index in [4.69, 9.17) is 4.74 Å². The van der Waals surface area contributed by atoms with E-state index in [1.165, 1.54) is 5.56 Å². The predicted molar refractivity (Wildman–Crippen MR) is 114 cm³/mol. The smallest absolute Gasteiger partial charge is 0.326 e. The number of likely N-dealkylation sites (N-methyl/N-ethyl adjacent to an activating group) is 1. The van der Waals surface area contributed by atoms with Gasteiger partial charge < -0.3 is 19.9 Å². The molecule has 3 rings (SSSR count). The van der Waals surface area contributed by atoms with Gasteiger partial charge in [-0.3, -0.25) is 4.57 Å². The molecule has 1 heterocycles. The number of benzene rings is 1. The van der Waals surface area contributed by atoms with Crippen molar-refractivity contribution in [1.29, 1.82) is 0 Å². The number of aromatic nitrogens is 1. The maximum Gasteiger partial charge on any atom is 0.326 e. The molecule has 0 aliphatic heterocycles. The van der Waals surface area contributed by atoms with E-state index in [2.05, 4.69) is 49.4 Å². The third kappa shape index (κ3) is 4.67. The van der Waals surface area contributed by atoms with Gasteiger partial charge in [-0.05, 0) is 78.0 Å². The van der Waals surface area contributed by atoms with Crippen LogP contribution in [-0.4, -0.2) is 74.3 Å². The molecule has 1 aromatic carbocycles. The highest BCUT2D eigenvalue weighted by molar-refractivity contribution is 5.94. The molecule has 1 aliphatic carbocycles. The molecule has 1 N–H and O–H groups in total. The Hall–Kier alpha value is -2.05. The molecule has 0 saturated heterocycles. The molecule has 1 aromatic heterocycles. The van der Waals surface area contributed by atoms with Gasteiger partial charge in [0.05, 0.1) is 12.6 Å². The number of fused-ring (bicyclic) bond motifs is 1. The van der Waals surface area contributed by atoms with Crippen molar-refractivity contribution in [2.24, 2.45) is 0 Å². The van der Waals surface area contributed by atoms with Crippen LogP contribution in [0.3, 0.4) is 0 Å². The van der Waals surface area contributed by atoms with E-state index in [0.29, 0.717) is 6.04 Å². The van der Waals surface area contributed by atoms with Crippen molar-refractivity contribution < 1.29 is 9.53 Å². The molecular weight excluding hydrogens is 352 g/mol. The maximum atomic E-state index is 13.1. The standard InChI is InChI=1S/C22H34N4O2/c1-24(2)13-12-16-15-26(21-14-19(28-5)10-11-20(16)21)22(27)23-17-6-8-18(9-7-17)25(3)4/h10-11,14-15,17-18H,6-9,12-13H2,1-5H3,(H,23,27). The summed E-state index contributed by atoms with van der Waals surface area (Å²) in [6.07, 6.45) is 7.23. The lowest BCUT2D eigenvalue weighted by Gasteiger charge is -2.32. The summed E-state index contributed by atoms with van der Waals surface area (Å²) in [5.74, 6) is 0.769. The minimum atomic E-state index is -0.0392. The zero-order valence-electron chi connectivity index (χ0n) is 17.9. The number of nitrogens with zero attached hydrogens (tertiary/aromatic N) is 3. The van der Waals surface area contributed by atoms with E-state index in [1.807, 2.05) is 18.3 Å². The third-order valence-electron chi connectivity index (χ3n) is 5.90. The highest BCUT2D eigenvalue weighted by Gasteiger charge is 2.24. The highest BCUT2D eigenvalue weighted by atomic mass is 16.5. The van der Waals surface area contributed by atoms with Crippen LogP contribution < -0.4 is 10.1 Å². The van der Waals surface area contributed by atoms with Crippen molar-refractivity contribution in [3.8, 4) is 5.75 Å². The van der Waals surface area contributed by atoms with E-state index >= 15 is 0 Å². The monoisotopic (exact) mass is 386 g/mol. The van der Waals surface area contributed by atoms with Gasteiger partial charge in [0.1, 0.15) is 5.75 Å². The van der Waals surface area contributed by atoms with Crippen molar-refractivity contribution >= 4 is 16.9 Å². The number of methoxy groups -OCH3 is 1. The summed E-state index contributed by atoms with van der Waals surface area (Å²) in [4.78, 5) is 17.5. The second-order valence-corrected chi connectivity index (χ2v) is 8.38. The van der Waals surface area contributed by atoms with Gasteiger partial charge in [0.25, 0.3) is 0 Å². The summed E-state index contributed by atoms with van der Waals surface area (Å²) in [6.45, 7) is 0.946. The van der Waals surface area contributed by atoms with Crippen LogP contribution in [0.2, 0.25) is 0 Å². The molecule has 28 heavy (non-hydrogen) atoms. The molecule has 0 spiro atoms. The molecule has 1 aliphatic rings. The molecule has 0 radical (unpaired) electrons. The normalized spacial score (nSPS) is 20.1. The van der Waals surface area contributed by atoms with Crippen LogP contribution in [0.5, 0.6) is 5.75 Å². The predicted octanol–water partition coefficient (Wildman–Crippen LogP) is 3.18. The van der Waals surface area contributed by atoms with Gasteiger partial charge >= 0.3 is 6.03 Å². The molecule has 1 saturated carbocycles. The van der Waals surface area contributed by atoms with Crippen LogP contribution in [0.1, 0.15) is 31.2 Å². The first-order valence-corrected chi connectivity index (χ1v) is 10.2. The van der Waals surface area contributed by atoms with Crippen molar-refractivity contribution in [3.63, 3.8) is 0 Å². The average molecular weight is 387 g/mol. The van der Waals surface area contributed by atoms with E-state index in [0.717, 1.165) is 55.3 Å². The Morgan fingerprint density at radius 3 is 2.50 bits per heavy atom. The lowest BCUT2D eigenvalue weighted by atomic mass is 9.91. The largest absolute Gasteiger partial charge is 0.497 e. The maximum absolute atomic E-state index is 13.1. The Labute approximate surface area is 168 Å². The van der Waals surface area contributed by atoms with Crippen LogP contribution >= 0.6 is 0 Å². The number of carbonyl (C=O) groups is 1. The first-order valence-electron chi connectivity index (χ1n) is 10.2. The van der Waals surface area contributed by atoms with Gasteiger partial charge in [-0.25, -0.2) is 4.79 Å². The zero-order chi connectivity index (χ0) is 20.3. The SMILES string of the molecule is COc1ccc2c(CCN(C)C)cn(C(=O)NC3CCC(N(C)C)CC3)c2c1. The van der Waals surface area contributed by atoms with Gasteiger partial charge in [-0.1, -0.05) is 0 Å². The van der Waals surface area contributed by atoms with Crippen molar-refractivity contribution in [2.75, 3.05) is 41.8 Å². The average Bonchev–Trinajstić information content (AvgIpc) is 3.04. The molecule has 1 amide bonds. The Kier molecular flexibility index (Phi) is 6.62. The minimum Gasteiger partial charge on any atom is -0.497 e. The number of rotatable bonds is 6. The molecule has 154 valence electrons. The van der Waals surface area contributed by atoms with Crippen LogP contribution in [-0.2, 0) is 6.42 Å². The third-order valence-corrected chi connectivity index (χ3v) is 5.90. The van der Waals surface area contributed by atoms with E-state index in [1.54, 1.807) is 11.7 Å². The Morgan fingerprint density at radius 2 is 1.89 bits per heavy atom. The van der Waals surface area contributed by atoms with Gasteiger partial charge in [0.15, 0.2) is 0 Å². The summed E-state index contributed by atoms with van der Waals surface area (Å²) >= 11 is 0. The molecule has 0 unspecified atom stereocenters. The molecular formula is C22H34N4O2. The lowest BCUT2D eigenvalue weighted by Crippen LogP contribution is -2.43. The van der Waals surface area contributed by atoms with Crippen molar-refractivity contribution in [2.45, 2.75) is 44.2 Å². The topological polar surface area (TPSA) is 49.7 Å². The Morgan fingerprint density at radius 1 is 1.18 bits per heavy atom. The molecule has 0 bridgehead atoms. The number of ether oxygens (including phenoxy) is 1. The van der Waals surface area contributed by atoms with E-state index in [-0.39, 0.29) is 12.1 Å². The zero-order valence-corrected chi connectivity index (χ0v) is 17.9. The molecule has 2 aromatic rings. The number of nitrogens with one attached hydrogen (secondary N) is 1. The second kappa shape index (κ2) is 8.97. The number of carbonyl (C=O) groups excluding carboxylic acids is 1. The Balaban J connectivity index is 1.79. The van der Waals surface area contributed by atoms with Gasteiger partial charge in [-0.15, -0.1) is 0 Å². The van der Waals surface area contributed by atoms with Crippen LogP contribution in [0.4, 0.5) is 4.79 Å². The van der Waals surface area contributed by atoms with Crippen molar-refractivity contribution in [1.82, 2.24) is 19.7 Å². The number of amides is 1. The van der Waals surface area contributed by atoms with Gasteiger partial charge in [0.2, 0.25) is 0 Å². The van der Waals surface area contributed by atoms with Gasteiger partial charge in [-0.2, -0.15) is 0 Å². The Bertz CT molecular complexity index is 804.